The van der Waals surface area contributed by atoms with E-state index in [4.69, 9.17) is 5.32 Å². The molecule has 0 fully saturated rings. The van der Waals surface area contributed by atoms with E-state index in [0.717, 1.165) is 15.6 Å². The first-order valence-electron chi connectivity index (χ1n) is 20.3. The summed E-state index contributed by atoms with van der Waals surface area (Å²) in [6, 6.07) is 53.4. The van der Waals surface area contributed by atoms with Gasteiger partial charge in [0.1, 0.15) is 0 Å². The molecule has 0 aliphatic rings. The van der Waals surface area contributed by atoms with Crippen LogP contribution in [0.2, 0.25) is 0 Å². The van der Waals surface area contributed by atoms with Crippen LogP contribution in [0.4, 0.5) is 11.4 Å². The first-order valence-corrected chi connectivity index (χ1v) is 25.5. The molecule has 1 radical (unpaired) electrons. The third-order valence-corrected chi connectivity index (χ3v) is 20.6. The SMILES string of the molecule is Cc1ccc([N-]c2ccc(C)cc2[PH+](C(C)C)C(C)C)c([PH+](C(C)C)C(C)C)c1.Cc1ccccc1.[O-][Si](c1ccccc1)(c1ccccc1)c1ccccc1.[Rh+2]. The van der Waals surface area contributed by atoms with Crippen molar-refractivity contribution in [1.29, 1.82) is 0 Å². The summed E-state index contributed by atoms with van der Waals surface area (Å²) in [5.74, 6) is 0. The summed E-state index contributed by atoms with van der Waals surface area (Å²) < 4.78 is 0. The molecule has 0 N–H and O–H groups in total. The van der Waals surface area contributed by atoms with Crippen molar-refractivity contribution in [2.75, 3.05) is 0 Å². The van der Waals surface area contributed by atoms with Crippen LogP contribution in [0.1, 0.15) is 72.1 Å². The van der Waals surface area contributed by atoms with Crippen LogP contribution in [0.3, 0.4) is 0 Å². The first-order chi connectivity index (χ1) is 26.7. The molecule has 0 unspecified atom stereocenters. The molecule has 0 aliphatic carbocycles. The molecule has 6 heteroatoms. The Kier molecular flexibility index (Phi) is 19.8. The molecule has 2 nitrogen and oxygen atoms in total. The number of rotatable bonds is 11. The normalized spacial score (nSPS) is 11.3. The molecule has 0 atom stereocenters. The fourth-order valence-corrected chi connectivity index (χ4v) is 17.5. The van der Waals surface area contributed by atoms with E-state index < -0.39 is 24.2 Å². The molecule has 57 heavy (non-hydrogen) atoms. The summed E-state index contributed by atoms with van der Waals surface area (Å²) in [5.41, 5.74) is 9.19. The van der Waals surface area contributed by atoms with Crippen molar-refractivity contribution in [1.82, 2.24) is 0 Å². The van der Waals surface area contributed by atoms with E-state index in [9.17, 15) is 4.80 Å². The quantitative estimate of drug-likeness (QED) is 0.0725. The second-order valence-corrected chi connectivity index (χ2v) is 26.7. The largest absolute Gasteiger partial charge is 2.00 e. The minimum atomic E-state index is -3.13. The van der Waals surface area contributed by atoms with Crippen LogP contribution in [-0.2, 0) is 19.5 Å². The molecule has 0 heterocycles. The average molecular weight is 901 g/mol. The van der Waals surface area contributed by atoms with Gasteiger partial charge in [-0.15, -0.1) is 0 Å². The number of nitrogens with zero attached hydrogens (tertiary/aromatic N) is 1. The fraction of sp³-hybridized carbons (Fsp3) is 0.294. The van der Waals surface area contributed by atoms with Crippen molar-refractivity contribution < 1.29 is 24.3 Å². The molecule has 0 aliphatic heterocycles. The Morgan fingerprint density at radius 3 is 0.930 bits per heavy atom. The van der Waals surface area contributed by atoms with E-state index in [2.05, 4.69) is 125 Å². The van der Waals surface area contributed by atoms with Crippen LogP contribution in [0.15, 0.2) is 158 Å². The second-order valence-electron chi connectivity index (χ2n) is 16.1. The van der Waals surface area contributed by atoms with Gasteiger partial charge in [-0.25, -0.2) is 0 Å². The molecule has 0 saturated heterocycles. The van der Waals surface area contributed by atoms with E-state index in [0.29, 0.717) is 22.6 Å². The number of hydrogen-bond donors (Lipinski definition) is 0. The van der Waals surface area contributed by atoms with Crippen molar-refractivity contribution in [2.24, 2.45) is 0 Å². The minimum absolute atomic E-state index is 0. The molecule has 6 rings (SSSR count). The Morgan fingerprint density at radius 1 is 0.404 bits per heavy atom. The molecule has 301 valence electrons. The van der Waals surface area contributed by atoms with E-state index in [-0.39, 0.29) is 19.5 Å². The summed E-state index contributed by atoms with van der Waals surface area (Å²) in [4.78, 5) is 13.8. The minimum Gasteiger partial charge on any atom is -0.848 e. The maximum absolute atomic E-state index is 13.8. The van der Waals surface area contributed by atoms with Crippen molar-refractivity contribution in [3.05, 3.63) is 180 Å². The molecule has 6 aromatic carbocycles. The van der Waals surface area contributed by atoms with Crippen LogP contribution in [0, 0.1) is 20.8 Å². The van der Waals surface area contributed by atoms with E-state index in [1.54, 1.807) is 0 Å². The van der Waals surface area contributed by atoms with Crippen LogP contribution in [0.25, 0.3) is 5.32 Å². The molecule has 0 aromatic heterocycles. The van der Waals surface area contributed by atoms with Crippen LogP contribution in [-0.4, -0.2) is 31.0 Å². The monoisotopic (exact) mass is 900 g/mol. The van der Waals surface area contributed by atoms with Crippen molar-refractivity contribution in [2.45, 2.75) is 98.8 Å². The number of benzene rings is 6. The fourth-order valence-electron chi connectivity index (χ4n) is 7.72. The van der Waals surface area contributed by atoms with Gasteiger partial charge < -0.3 is 10.1 Å². The Morgan fingerprint density at radius 2 is 0.684 bits per heavy atom. The molecule has 0 bridgehead atoms. The second kappa shape index (κ2) is 23.4. The third kappa shape index (κ3) is 13.4. The maximum atomic E-state index is 13.8. The van der Waals surface area contributed by atoms with Crippen molar-refractivity contribution in [3.63, 3.8) is 0 Å². The molecular weight excluding hydrogens is 836 g/mol. The van der Waals surface area contributed by atoms with Gasteiger partial charge in [0.15, 0.2) is 0 Å². The van der Waals surface area contributed by atoms with Crippen molar-refractivity contribution >= 4 is 61.7 Å². The average Bonchev–Trinajstić information content (AvgIpc) is 3.18. The Hall–Kier alpha value is -3.22. The van der Waals surface area contributed by atoms with Crippen LogP contribution in [0.5, 0.6) is 0 Å². The van der Waals surface area contributed by atoms with Gasteiger partial charge in [-0.1, -0.05) is 178 Å². The third-order valence-electron chi connectivity index (χ3n) is 10.1. The van der Waals surface area contributed by atoms with Gasteiger partial charge in [-0.3, -0.25) is 0 Å². The van der Waals surface area contributed by atoms with Gasteiger partial charge in [0.25, 0.3) is 0 Å². The molecular formula is C51H65NOP2RhSi+2. The topological polar surface area (TPSA) is 37.2 Å². The zero-order valence-electron chi connectivity index (χ0n) is 36.0. The van der Waals surface area contributed by atoms with Crippen LogP contribution >= 0.6 is 15.8 Å². The van der Waals surface area contributed by atoms with E-state index in [1.807, 2.05) is 109 Å². The smallest absolute Gasteiger partial charge is 0.848 e. The Labute approximate surface area is 362 Å². The van der Waals surface area contributed by atoms with Gasteiger partial charge in [-0.05, 0) is 99.4 Å². The summed E-state index contributed by atoms with van der Waals surface area (Å²) in [7, 11) is -4.50. The summed E-state index contributed by atoms with van der Waals surface area (Å²) in [6.07, 6.45) is 0. The number of hydrogen-bond acceptors (Lipinski definition) is 1. The maximum Gasteiger partial charge on any atom is 2.00 e. The molecule has 0 spiro atoms. The summed E-state index contributed by atoms with van der Waals surface area (Å²) in [5, 5.41) is 11.1. The summed E-state index contributed by atoms with van der Waals surface area (Å²) in [6.45, 7) is 25.6. The van der Waals surface area contributed by atoms with Gasteiger partial charge in [-0.2, -0.15) is 0 Å². The van der Waals surface area contributed by atoms with Crippen molar-refractivity contribution in [3.8, 4) is 0 Å². The van der Waals surface area contributed by atoms with Crippen LogP contribution < -0.4 is 31.0 Å². The van der Waals surface area contributed by atoms with Gasteiger partial charge >= 0.3 is 19.5 Å². The van der Waals surface area contributed by atoms with Gasteiger partial charge in [0.2, 0.25) is 0 Å². The van der Waals surface area contributed by atoms with E-state index >= 15 is 0 Å². The Bertz CT molecular complexity index is 1860. The molecule has 0 saturated carbocycles. The standard InChI is InChI=1S/C26H40NP2.C18H15OSi.C7H8.Rh/c1-17(2)28(18(3)4)25-15-21(9)11-13-23(25)27-24-14-12-22(10)16-26(24)29(19(5)6)20(7)8;19-20(16-10-4-1-5-11-16,17-12-6-2-7-13-17)18-14-8-3-9-15-18;1-7-5-3-2-4-6-7;/h11-20H,1-10H3;1-15H;2-6H,1H3;/q2*-1;;+2/p+2. The first kappa shape index (κ1) is 48.2. The molecule has 0 amide bonds. The zero-order valence-corrected chi connectivity index (χ0v) is 40.6. The molecule has 6 aromatic rings. The zero-order chi connectivity index (χ0) is 40.8. The van der Waals surface area contributed by atoms with Gasteiger partial charge in [0.05, 0.1) is 41.6 Å². The predicted octanol–water partition coefficient (Wildman–Crippen LogP) is 11.0. The van der Waals surface area contributed by atoms with E-state index in [1.165, 1.54) is 38.7 Å². The summed E-state index contributed by atoms with van der Waals surface area (Å²) >= 11 is 0. The number of aryl methyl sites for hydroxylation is 3. The predicted molar refractivity (Wildman–Crippen MR) is 257 cm³/mol. The van der Waals surface area contributed by atoms with Gasteiger partial charge in [0, 0.05) is 15.8 Å². The Balaban J connectivity index is 0.000000266.